The molecule has 23 heavy (non-hydrogen) atoms. The molecule has 0 spiro atoms. The van der Waals surface area contributed by atoms with E-state index < -0.39 is 0 Å². The predicted molar refractivity (Wildman–Crippen MR) is 95.7 cm³/mol. The average Bonchev–Trinajstić information content (AvgIpc) is 2.59. The van der Waals surface area contributed by atoms with Crippen molar-refractivity contribution in [3.05, 3.63) is 60.2 Å². The first kappa shape index (κ1) is 13.6. The summed E-state index contributed by atoms with van der Waals surface area (Å²) in [4.78, 5) is 12.0. The van der Waals surface area contributed by atoms with Crippen LogP contribution in [0.15, 0.2) is 54.6 Å². The molecule has 0 bridgehead atoms. The van der Waals surface area contributed by atoms with Crippen LogP contribution in [-0.2, 0) is 11.2 Å². The summed E-state index contributed by atoms with van der Waals surface area (Å²) in [6.07, 6.45) is 5.54. The average molecular weight is 297 g/mol. The Morgan fingerprint density at radius 1 is 0.913 bits per heavy atom. The van der Waals surface area contributed by atoms with Crippen molar-refractivity contribution in [1.29, 1.82) is 0 Å². The lowest BCUT2D eigenvalue weighted by molar-refractivity contribution is -0.120. The summed E-state index contributed by atoms with van der Waals surface area (Å²) >= 11 is 0. The highest BCUT2D eigenvalue weighted by molar-refractivity contribution is 6.23. The molecule has 0 aliphatic carbocycles. The lowest BCUT2D eigenvalue weighted by Crippen LogP contribution is -2.25. The fraction of sp³-hybridized carbons (Fsp3) is 0.0952. The van der Waals surface area contributed by atoms with E-state index in [2.05, 4.69) is 59.8 Å². The third-order valence-corrected chi connectivity index (χ3v) is 4.36. The Balaban J connectivity index is 1.93. The van der Waals surface area contributed by atoms with Gasteiger partial charge in [0.25, 0.3) is 0 Å². The van der Waals surface area contributed by atoms with Crippen LogP contribution in [0.25, 0.3) is 32.3 Å². The molecule has 0 aromatic heterocycles. The van der Waals surface area contributed by atoms with Gasteiger partial charge in [-0.05, 0) is 37.9 Å². The van der Waals surface area contributed by atoms with Crippen molar-refractivity contribution in [1.82, 2.24) is 5.32 Å². The second kappa shape index (κ2) is 5.30. The monoisotopic (exact) mass is 297 g/mol. The van der Waals surface area contributed by atoms with Crippen molar-refractivity contribution in [2.24, 2.45) is 0 Å². The van der Waals surface area contributed by atoms with Gasteiger partial charge in [0.15, 0.2) is 0 Å². The van der Waals surface area contributed by atoms with E-state index in [0.29, 0.717) is 6.42 Å². The van der Waals surface area contributed by atoms with E-state index in [1.807, 2.05) is 6.07 Å². The molecule has 0 saturated heterocycles. The van der Waals surface area contributed by atoms with Crippen LogP contribution in [0, 0.1) is 12.3 Å². The van der Waals surface area contributed by atoms with Gasteiger partial charge in [0.2, 0.25) is 5.91 Å². The van der Waals surface area contributed by atoms with Gasteiger partial charge in [-0.3, -0.25) is 4.79 Å². The van der Waals surface area contributed by atoms with Gasteiger partial charge in [0.05, 0.1) is 13.0 Å². The molecule has 0 unspecified atom stereocenters. The molecule has 0 aliphatic rings. The number of hydrogen-bond acceptors (Lipinski definition) is 1. The highest BCUT2D eigenvalue weighted by atomic mass is 16.1. The Morgan fingerprint density at radius 2 is 1.57 bits per heavy atom. The molecule has 0 saturated carbocycles. The van der Waals surface area contributed by atoms with E-state index in [0.717, 1.165) is 10.9 Å². The molecule has 0 heterocycles. The van der Waals surface area contributed by atoms with Gasteiger partial charge < -0.3 is 5.32 Å². The molecule has 110 valence electrons. The fourth-order valence-electron chi connectivity index (χ4n) is 3.33. The van der Waals surface area contributed by atoms with Crippen LogP contribution in [0.3, 0.4) is 0 Å². The van der Waals surface area contributed by atoms with Gasteiger partial charge in [-0.1, -0.05) is 60.5 Å². The van der Waals surface area contributed by atoms with Crippen LogP contribution in [0.5, 0.6) is 0 Å². The topological polar surface area (TPSA) is 29.1 Å². The van der Waals surface area contributed by atoms with Crippen molar-refractivity contribution >= 4 is 38.2 Å². The molecule has 1 N–H and O–H groups in total. The van der Waals surface area contributed by atoms with Gasteiger partial charge in [0, 0.05) is 0 Å². The van der Waals surface area contributed by atoms with Gasteiger partial charge in [-0.25, -0.2) is 0 Å². The Labute approximate surface area is 134 Å². The minimum atomic E-state index is -0.0435. The Hall–Kier alpha value is -3.05. The maximum Gasteiger partial charge on any atom is 0.225 e. The second-order valence-corrected chi connectivity index (χ2v) is 5.74. The SMILES string of the molecule is C#CCNC(=O)Cc1ccc2ccc3cccc4ccc1c2c34. The zero-order chi connectivity index (χ0) is 15.8. The summed E-state index contributed by atoms with van der Waals surface area (Å²) in [5.74, 6) is 2.39. The van der Waals surface area contributed by atoms with Gasteiger partial charge in [-0.2, -0.15) is 0 Å². The van der Waals surface area contributed by atoms with Crippen molar-refractivity contribution in [3.8, 4) is 12.3 Å². The van der Waals surface area contributed by atoms with E-state index in [1.165, 1.54) is 26.9 Å². The summed E-state index contributed by atoms with van der Waals surface area (Å²) in [5.41, 5.74) is 1.03. The Kier molecular flexibility index (Phi) is 3.13. The molecule has 4 rings (SSSR count). The van der Waals surface area contributed by atoms with E-state index in [4.69, 9.17) is 6.42 Å². The molecule has 0 radical (unpaired) electrons. The molecule has 2 heteroatoms. The number of hydrogen-bond donors (Lipinski definition) is 1. The smallest absolute Gasteiger partial charge is 0.225 e. The molecule has 2 nitrogen and oxygen atoms in total. The molecule has 0 fully saturated rings. The summed E-state index contributed by atoms with van der Waals surface area (Å²) in [5, 5.41) is 10.1. The van der Waals surface area contributed by atoms with E-state index in [1.54, 1.807) is 0 Å². The zero-order valence-electron chi connectivity index (χ0n) is 12.6. The maximum atomic E-state index is 12.0. The highest BCUT2D eigenvalue weighted by Gasteiger charge is 2.12. The first-order chi connectivity index (χ1) is 11.3. The molecule has 0 atom stereocenters. The normalized spacial score (nSPS) is 11.1. The Bertz CT molecular complexity index is 1060. The number of carbonyl (C=O) groups excluding carboxylic acids is 1. The number of benzene rings is 4. The first-order valence-corrected chi connectivity index (χ1v) is 7.63. The summed E-state index contributed by atoms with van der Waals surface area (Å²) in [7, 11) is 0. The lowest BCUT2D eigenvalue weighted by Gasteiger charge is -2.13. The molecule has 1 amide bonds. The van der Waals surface area contributed by atoms with Crippen LogP contribution in [-0.4, -0.2) is 12.5 Å². The summed E-state index contributed by atoms with van der Waals surface area (Å²) in [6.45, 7) is 0.269. The van der Waals surface area contributed by atoms with Crippen molar-refractivity contribution in [3.63, 3.8) is 0 Å². The summed E-state index contributed by atoms with van der Waals surface area (Å²) in [6, 6.07) is 19.0. The minimum Gasteiger partial charge on any atom is -0.345 e. The lowest BCUT2D eigenvalue weighted by atomic mass is 9.91. The van der Waals surface area contributed by atoms with Crippen LogP contribution in [0.2, 0.25) is 0 Å². The van der Waals surface area contributed by atoms with Gasteiger partial charge >= 0.3 is 0 Å². The number of terminal acetylenes is 1. The molecule has 4 aromatic carbocycles. The molecule has 4 aromatic rings. The third-order valence-electron chi connectivity index (χ3n) is 4.36. The number of amides is 1. The van der Waals surface area contributed by atoms with Crippen molar-refractivity contribution in [2.45, 2.75) is 6.42 Å². The van der Waals surface area contributed by atoms with Crippen molar-refractivity contribution < 1.29 is 4.79 Å². The van der Waals surface area contributed by atoms with E-state index in [-0.39, 0.29) is 12.5 Å². The first-order valence-electron chi connectivity index (χ1n) is 7.63. The highest BCUT2D eigenvalue weighted by Crippen LogP contribution is 2.35. The van der Waals surface area contributed by atoms with Crippen LogP contribution in [0.4, 0.5) is 0 Å². The number of carbonyl (C=O) groups is 1. The molecule has 0 aliphatic heterocycles. The standard InChI is InChI=1S/C21H15NO/c1-2-12-22-19(23)13-17-9-8-16-7-6-14-4-3-5-15-10-11-18(17)21(16)20(14)15/h1,3-11H,12-13H2,(H,22,23). The van der Waals surface area contributed by atoms with Crippen LogP contribution in [0.1, 0.15) is 5.56 Å². The molecular weight excluding hydrogens is 282 g/mol. The van der Waals surface area contributed by atoms with E-state index >= 15 is 0 Å². The van der Waals surface area contributed by atoms with Gasteiger partial charge in [-0.15, -0.1) is 6.42 Å². The minimum absolute atomic E-state index is 0.0435. The van der Waals surface area contributed by atoms with Gasteiger partial charge in [0.1, 0.15) is 0 Å². The number of rotatable bonds is 3. The maximum absolute atomic E-state index is 12.0. The largest absolute Gasteiger partial charge is 0.345 e. The van der Waals surface area contributed by atoms with E-state index in [9.17, 15) is 4.79 Å². The second-order valence-electron chi connectivity index (χ2n) is 5.74. The van der Waals surface area contributed by atoms with Crippen molar-refractivity contribution in [2.75, 3.05) is 6.54 Å². The quantitative estimate of drug-likeness (QED) is 0.451. The zero-order valence-corrected chi connectivity index (χ0v) is 12.6. The number of nitrogens with one attached hydrogen (secondary N) is 1. The Morgan fingerprint density at radius 3 is 2.30 bits per heavy atom. The third kappa shape index (κ3) is 2.18. The predicted octanol–water partition coefficient (Wildman–Crippen LogP) is 3.88. The fourth-order valence-corrected chi connectivity index (χ4v) is 3.33. The summed E-state index contributed by atoms with van der Waals surface area (Å²) < 4.78 is 0. The van der Waals surface area contributed by atoms with Crippen LogP contribution >= 0.6 is 0 Å². The van der Waals surface area contributed by atoms with Crippen LogP contribution < -0.4 is 5.32 Å². The molecular formula is C21H15NO.